The molecule has 13 heavy (non-hydrogen) atoms. The van der Waals surface area contributed by atoms with Crippen molar-refractivity contribution in [1.29, 1.82) is 0 Å². The number of rotatable bonds is 5. The lowest BCUT2D eigenvalue weighted by atomic mass is 10.1. The van der Waals surface area contributed by atoms with E-state index in [4.69, 9.17) is 4.74 Å². The molecule has 0 heterocycles. The van der Waals surface area contributed by atoms with Crippen molar-refractivity contribution in [2.45, 2.75) is 52.7 Å². The van der Waals surface area contributed by atoms with Crippen molar-refractivity contribution in [2.75, 3.05) is 0 Å². The number of hydrogen-bond donors (Lipinski definition) is 1. The molecule has 0 aliphatic carbocycles. The van der Waals surface area contributed by atoms with Crippen LogP contribution in [0.15, 0.2) is 0 Å². The predicted molar refractivity (Wildman–Crippen MR) is 51.3 cm³/mol. The number of aliphatic hydroxyl groups excluding tert-OH is 1. The topological polar surface area (TPSA) is 46.5 Å². The molecule has 0 aromatic heterocycles. The number of carbonyl (C=O) groups excluding carboxylic acids is 1. The molecule has 0 saturated heterocycles. The molecule has 0 bridgehead atoms. The highest BCUT2D eigenvalue weighted by molar-refractivity contribution is 5.74. The molecule has 3 nitrogen and oxygen atoms in total. The van der Waals surface area contributed by atoms with Crippen molar-refractivity contribution in [3.05, 3.63) is 0 Å². The molecule has 0 aliphatic rings. The van der Waals surface area contributed by atoms with Crippen LogP contribution in [0.1, 0.15) is 40.5 Å². The molecule has 0 aliphatic heterocycles. The minimum absolute atomic E-state index is 0.102. The molecule has 0 amide bonds. The molecule has 1 N–H and O–H groups in total. The molecule has 78 valence electrons. The van der Waals surface area contributed by atoms with Crippen LogP contribution in [-0.2, 0) is 9.53 Å². The third-order valence-corrected chi connectivity index (χ3v) is 1.86. The van der Waals surface area contributed by atoms with Gasteiger partial charge in [-0.2, -0.15) is 0 Å². The molecule has 2 unspecified atom stereocenters. The smallest absolute Gasteiger partial charge is 0.335 e. The van der Waals surface area contributed by atoms with Gasteiger partial charge >= 0.3 is 5.97 Å². The van der Waals surface area contributed by atoms with Gasteiger partial charge in [0.1, 0.15) is 0 Å². The second-order valence-corrected chi connectivity index (χ2v) is 3.80. The molecule has 0 spiro atoms. The van der Waals surface area contributed by atoms with Crippen molar-refractivity contribution in [1.82, 2.24) is 0 Å². The first-order chi connectivity index (χ1) is 5.97. The Balaban J connectivity index is 3.82. The Hall–Kier alpha value is -0.570. The first-order valence-corrected chi connectivity index (χ1v) is 4.85. The Bertz CT molecular complexity index is 154. The summed E-state index contributed by atoms with van der Waals surface area (Å²) in [6, 6.07) is 0. The molecule has 0 rings (SSSR count). The van der Waals surface area contributed by atoms with E-state index >= 15 is 0 Å². The zero-order valence-corrected chi connectivity index (χ0v) is 8.91. The quantitative estimate of drug-likeness (QED) is 0.668. The van der Waals surface area contributed by atoms with E-state index in [1.807, 2.05) is 27.7 Å². The number of hydrogen-bond acceptors (Lipinski definition) is 3. The summed E-state index contributed by atoms with van der Waals surface area (Å²) in [7, 11) is 0. The van der Waals surface area contributed by atoms with Gasteiger partial charge in [-0.1, -0.05) is 20.8 Å². The lowest BCUT2D eigenvalue weighted by molar-refractivity contribution is -0.159. The molecule has 0 aromatic rings. The monoisotopic (exact) mass is 188 g/mol. The first kappa shape index (κ1) is 12.4. The van der Waals surface area contributed by atoms with Gasteiger partial charge < -0.3 is 9.84 Å². The maximum Gasteiger partial charge on any atom is 0.335 e. The molecule has 0 fully saturated rings. The van der Waals surface area contributed by atoms with Crippen LogP contribution in [0.2, 0.25) is 0 Å². The molecular weight excluding hydrogens is 168 g/mol. The highest BCUT2D eigenvalue weighted by Gasteiger charge is 2.19. The van der Waals surface area contributed by atoms with Gasteiger partial charge in [0, 0.05) is 0 Å². The summed E-state index contributed by atoms with van der Waals surface area (Å²) >= 11 is 0. The highest BCUT2D eigenvalue weighted by atomic mass is 16.6. The van der Waals surface area contributed by atoms with E-state index in [1.165, 1.54) is 0 Å². The third kappa shape index (κ3) is 5.64. The molecule has 2 atom stereocenters. The minimum atomic E-state index is -0.964. The van der Waals surface area contributed by atoms with E-state index in [2.05, 4.69) is 0 Å². The van der Waals surface area contributed by atoms with Gasteiger partial charge in [-0.15, -0.1) is 0 Å². The average molecular weight is 188 g/mol. The van der Waals surface area contributed by atoms with Gasteiger partial charge in [0.05, 0.1) is 6.10 Å². The fourth-order valence-corrected chi connectivity index (χ4v) is 0.903. The fourth-order valence-electron chi connectivity index (χ4n) is 0.903. The van der Waals surface area contributed by atoms with Crippen LogP contribution >= 0.6 is 0 Å². The highest BCUT2D eigenvalue weighted by Crippen LogP contribution is 2.07. The van der Waals surface area contributed by atoms with Crippen molar-refractivity contribution in [3.8, 4) is 0 Å². The van der Waals surface area contributed by atoms with E-state index in [0.29, 0.717) is 12.3 Å². The number of ether oxygens (including phenoxy) is 1. The molecule has 0 radical (unpaired) electrons. The van der Waals surface area contributed by atoms with E-state index in [-0.39, 0.29) is 6.10 Å². The molecule has 0 aromatic carbocycles. The maximum atomic E-state index is 11.2. The van der Waals surface area contributed by atoms with E-state index in [0.717, 1.165) is 6.42 Å². The van der Waals surface area contributed by atoms with Gasteiger partial charge in [-0.05, 0) is 25.7 Å². The summed E-state index contributed by atoms with van der Waals surface area (Å²) in [6.45, 7) is 7.67. The van der Waals surface area contributed by atoms with Gasteiger partial charge in [0.15, 0.2) is 6.10 Å². The van der Waals surface area contributed by atoms with Crippen LogP contribution in [-0.4, -0.2) is 23.3 Å². The van der Waals surface area contributed by atoms with E-state index in [1.54, 1.807) is 0 Å². The predicted octanol–water partition coefficient (Wildman–Crippen LogP) is 1.74. The van der Waals surface area contributed by atoms with Crippen LogP contribution in [0.25, 0.3) is 0 Å². The normalized spacial score (nSPS) is 15.5. The Kier molecular flexibility index (Phi) is 5.71. The van der Waals surface area contributed by atoms with Gasteiger partial charge in [-0.25, -0.2) is 4.79 Å². The second kappa shape index (κ2) is 5.97. The lowest BCUT2D eigenvalue weighted by Crippen LogP contribution is -2.27. The van der Waals surface area contributed by atoms with Gasteiger partial charge in [0.2, 0.25) is 0 Å². The third-order valence-electron chi connectivity index (χ3n) is 1.86. The summed E-state index contributed by atoms with van der Waals surface area (Å²) in [5, 5.41) is 9.36. The Morgan fingerprint density at radius 2 is 1.92 bits per heavy atom. The summed E-state index contributed by atoms with van der Waals surface area (Å²) < 4.78 is 4.97. The van der Waals surface area contributed by atoms with Crippen LogP contribution in [0.4, 0.5) is 0 Å². The van der Waals surface area contributed by atoms with Crippen LogP contribution in [0, 0.1) is 5.92 Å². The Labute approximate surface area is 80.1 Å². The Morgan fingerprint density at radius 3 is 2.31 bits per heavy atom. The van der Waals surface area contributed by atoms with E-state index in [9.17, 15) is 9.90 Å². The second-order valence-electron chi connectivity index (χ2n) is 3.80. The zero-order valence-electron chi connectivity index (χ0n) is 8.91. The number of aliphatic hydroxyl groups is 1. The number of carbonyl (C=O) groups is 1. The minimum Gasteiger partial charge on any atom is -0.461 e. The number of esters is 1. The molecule has 3 heteroatoms. The molecule has 0 saturated carbocycles. The van der Waals surface area contributed by atoms with Gasteiger partial charge in [0.25, 0.3) is 0 Å². The summed E-state index contributed by atoms with van der Waals surface area (Å²) in [4.78, 5) is 11.2. The van der Waals surface area contributed by atoms with Gasteiger partial charge in [-0.3, -0.25) is 0 Å². The van der Waals surface area contributed by atoms with Crippen LogP contribution < -0.4 is 0 Å². The maximum absolute atomic E-state index is 11.2. The molecular formula is C10H20O3. The van der Waals surface area contributed by atoms with Crippen molar-refractivity contribution < 1.29 is 14.6 Å². The van der Waals surface area contributed by atoms with Crippen molar-refractivity contribution >= 4 is 5.97 Å². The van der Waals surface area contributed by atoms with E-state index < -0.39 is 12.1 Å². The lowest BCUT2D eigenvalue weighted by Gasteiger charge is -2.15. The SMILES string of the molecule is CCC(C)OC(=O)C(O)CC(C)C. The fraction of sp³-hybridized carbons (Fsp3) is 0.900. The van der Waals surface area contributed by atoms with Crippen molar-refractivity contribution in [3.63, 3.8) is 0 Å². The zero-order chi connectivity index (χ0) is 10.4. The van der Waals surface area contributed by atoms with Crippen LogP contribution in [0.3, 0.4) is 0 Å². The van der Waals surface area contributed by atoms with Crippen molar-refractivity contribution in [2.24, 2.45) is 5.92 Å². The standard InChI is InChI=1S/C10H20O3/c1-5-8(4)13-10(12)9(11)6-7(2)3/h7-9,11H,5-6H2,1-4H3. The summed E-state index contributed by atoms with van der Waals surface area (Å²) in [6.07, 6.45) is 0.179. The average Bonchev–Trinajstić information content (AvgIpc) is 2.02. The largest absolute Gasteiger partial charge is 0.461 e. The first-order valence-electron chi connectivity index (χ1n) is 4.85. The summed E-state index contributed by atoms with van der Waals surface area (Å²) in [5.41, 5.74) is 0. The van der Waals surface area contributed by atoms with Crippen LogP contribution in [0.5, 0.6) is 0 Å². The Morgan fingerprint density at radius 1 is 1.38 bits per heavy atom. The summed E-state index contributed by atoms with van der Waals surface area (Å²) in [5.74, 6) is -0.192.